The van der Waals surface area contributed by atoms with Crippen molar-refractivity contribution in [2.75, 3.05) is 19.6 Å². The van der Waals surface area contributed by atoms with Crippen molar-refractivity contribution in [2.24, 2.45) is 0 Å². The van der Waals surface area contributed by atoms with Crippen LogP contribution in [0.5, 0.6) is 0 Å². The molecular weight excluding hydrogens is 324 g/mol. The summed E-state index contributed by atoms with van der Waals surface area (Å²) in [6.07, 6.45) is 5.15. The van der Waals surface area contributed by atoms with Crippen molar-refractivity contribution in [3.05, 3.63) is 27.7 Å². The molecule has 24 heavy (non-hydrogen) atoms. The van der Waals surface area contributed by atoms with Crippen LogP contribution in [-0.4, -0.2) is 50.7 Å². The van der Waals surface area contributed by atoms with Gasteiger partial charge in [-0.15, -0.1) is 11.3 Å². The van der Waals surface area contributed by atoms with Crippen LogP contribution in [0.15, 0.2) is 6.33 Å². The summed E-state index contributed by atoms with van der Waals surface area (Å²) in [6.45, 7) is 6.38. The minimum absolute atomic E-state index is 0.0232. The van der Waals surface area contributed by atoms with Crippen molar-refractivity contribution in [1.82, 2.24) is 30.4 Å². The van der Waals surface area contributed by atoms with Gasteiger partial charge in [0.25, 0.3) is 0 Å². The number of amides is 2. The quantitative estimate of drug-likeness (QED) is 0.868. The predicted octanol–water partition coefficient (Wildman–Crippen LogP) is 2.26. The van der Waals surface area contributed by atoms with Gasteiger partial charge in [0.05, 0.1) is 10.7 Å². The van der Waals surface area contributed by atoms with E-state index in [2.05, 4.69) is 39.3 Å². The Balaban J connectivity index is 1.41. The lowest BCUT2D eigenvalue weighted by atomic mass is 9.96. The number of carbonyl (C=O) groups excluding carboxylic acids is 1. The van der Waals surface area contributed by atoms with Gasteiger partial charge in [-0.1, -0.05) is 6.92 Å². The molecule has 3 rings (SSSR count). The van der Waals surface area contributed by atoms with Crippen LogP contribution in [-0.2, 0) is 12.8 Å². The molecule has 0 aliphatic carbocycles. The van der Waals surface area contributed by atoms with Crippen LogP contribution in [0.1, 0.15) is 47.1 Å². The molecule has 1 saturated heterocycles. The third-order valence-electron chi connectivity index (χ3n) is 4.49. The van der Waals surface area contributed by atoms with E-state index in [4.69, 9.17) is 0 Å². The van der Waals surface area contributed by atoms with E-state index in [9.17, 15) is 4.79 Å². The largest absolute Gasteiger partial charge is 0.338 e. The summed E-state index contributed by atoms with van der Waals surface area (Å²) in [5, 5.41) is 10.9. The highest BCUT2D eigenvalue weighted by atomic mass is 32.1. The third-order valence-corrected chi connectivity index (χ3v) is 5.56. The second-order valence-corrected chi connectivity index (χ2v) is 7.37. The lowest BCUT2D eigenvalue weighted by Gasteiger charge is -2.31. The molecule has 0 saturated carbocycles. The van der Waals surface area contributed by atoms with Gasteiger partial charge in [0.2, 0.25) is 0 Å². The number of aromatic nitrogens is 4. The number of likely N-dealkylation sites (tertiary alicyclic amines) is 1. The number of nitrogens with zero attached hydrogens (tertiary/aromatic N) is 4. The molecule has 0 radical (unpaired) electrons. The van der Waals surface area contributed by atoms with Crippen LogP contribution < -0.4 is 5.32 Å². The van der Waals surface area contributed by atoms with E-state index in [-0.39, 0.29) is 6.03 Å². The van der Waals surface area contributed by atoms with Crippen molar-refractivity contribution >= 4 is 17.4 Å². The van der Waals surface area contributed by atoms with Crippen LogP contribution in [0.4, 0.5) is 4.79 Å². The normalized spacial score (nSPS) is 15.7. The summed E-state index contributed by atoms with van der Waals surface area (Å²) in [4.78, 5) is 24.3. The molecule has 2 N–H and O–H groups in total. The Morgan fingerprint density at radius 3 is 2.88 bits per heavy atom. The van der Waals surface area contributed by atoms with E-state index in [1.165, 1.54) is 10.6 Å². The summed E-state index contributed by atoms with van der Waals surface area (Å²) in [6, 6.07) is 0.0232. The minimum Gasteiger partial charge on any atom is -0.338 e. The molecule has 3 heterocycles. The molecule has 130 valence electrons. The van der Waals surface area contributed by atoms with E-state index in [1.54, 1.807) is 17.7 Å². The number of aryl methyl sites for hydroxylation is 2. The van der Waals surface area contributed by atoms with Gasteiger partial charge in [-0.05, 0) is 26.2 Å². The maximum absolute atomic E-state index is 12.3. The molecule has 0 atom stereocenters. The van der Waals surface area contributed by atoms with Gasteiger partial charge >= 0.3 is 6.03 Å². The number of rotatable bonds is 5. The van der Waals surface area contributed by atoms with Crippen molar-refractivity contribution < 1.29 is 4.79 Å². The standard InChI is InChI=1S/C16H24N6OS/c1-3-13-11(2)24-14(20-13)4-7-17-16(23)22-8-5-12(6-9-22)15-18-10-19-21-15/h10,12H,3-9H2,1-2H3,(H,17,23)(H,18,19,21). The van der Waals surface area contributed by atoms with Gasteiger partial charge < -0.3 is 10.2 Å². The van der Waals surface area contributed by atoms with Crippen LogP contribution in [0, 0.1) is 6.92 Å². The lowest BCUT2D eigenvalue weighted by Crippen LogP contribution is -2.44. The Labute approximate surface area is 145 Å². The van der Waals surface area contributed by atoms with Crippen molar-refractivity contribution in [2.45, 2.75) is 45.4 Å². The molecule has 7 nitrogen and oxygen atoms in total. The molecular formula is C16H24N6OS. The number of urea groups is 1. The number of H-pyrrole nitrogens is 1. The molecule has 1 aliphatic rings. The van der Waals surface area contributed by atoms with Gasteiger partial charge in [-0.3, -0.25) is 5.10 Å². The molecule has 8 heteroatoms. The zero-order chi connectivity index (χ0) is 16.9. The molecule has 0 unspecified atom stereocenters. The van der Waals surface area contributed by atoms with Gasteiger partial charge in [0, 0.05) is 36.9 Å². The summed E-state index contributed by atoms with van der Waals surface area (Å²) in [7, 11) is 0. The van der Waals surface area contributed by atoms with Crippen LogP contribution >= 0.6 is 11.3 Å². The van der Waals surface area contributed by atoms with E-state index in [0.717, 1.165) is 49.6 Å². The van der Waals surface area contributed by atoms with E-state index >= 15 is 0 Å². The lowest BCUT2D eigenvalue weighted by molar-refractivity contribution is 0.180. The maximum atomic E-state index is 12.3. The zero-order valence-corrected chi connectivity index (χ0v) is 15.0. The van der Waals surface area contributed by atoms with Crippen molar-refractivity contribution in [3.63, 3.8) is 0 Å². The number of carbonyl (C=O) groups is 1. The average Bonchev–Trinajstić information content (AvgIpc) is 3.24. The highest BCUT2D eigenvalue weighted by molar-refractivity contribution is 7.11. The molecule has 1 fully saturated rings. The SMILES string of the molecule is CCc1nc(CCNC(=O)N2CCC(c3ncn[nH]3)CC2)sc1C. The highest BCUT2D eigenvalue weighted by Crippen LogP contribution is 2.24. The highest BCUT2D eigenvalue weighted by Gasteiger charge is 2.25. The van der Waals surface area contributed by atoms with E-state index in [1.807, 2.05) is 4.90 Å². The Morgan fingerprint density at radius 2 is 2.25 bits per heavy atom. The Hall–Kier alpha value is -1.96. The molecule has 2 aromatic rings. The number of thiazole rings is 1. The number of aromatic amines is 1. The fraction of sp³-hybridized carbons (Fsp3) is 0.625. The third kappa shape index (κ3) is 3.92. The summed E-state index contributed by atoms with van der Waals surface area (Å²) >= 11 is 1.73. The Bertz CT molecular complexity index is 660. The summed E-state index contributed by atoms with van der Waals surface area (Å²) < 4.78 is 0. The average molecular weight is 348 g/mol. The first-order chi connectivity index (χ1) is 11.7. The van der Waals surface area contributed by atoms with Gasteiger partial charge in [0.15, 0.2) is 0 Å². The number of hydrogen-bond donors (Lipinski definition) is 2. The van der Waals surface area contributed by atoms with Crippen molar-refractivity contribution in [1.29, 1.82) is 0 Å². The second-order valence-electron chi connectivity index (χ2n) is 6.08. The molecule has 2 aromatic heterocycles. The molecule has 0 bridgehead atoms. The van der Waals surface area contributed by atoms with Crippen molar-refractivity contribution in [3.8, 4) is 0 Å². The van der Waals surface area contributed by atoms with Crippen LogP contribution in [0.3, 0.4) is 0 Å². The first kappa shape index (κ1) is 16.9. The molecule has 1 aliphatic heterocycles. The van der Waals surface area contributed by atoms with Gasteiger partial charge in [-0.2, -0.15) is 5.10 Å². The van der Waals surface area contributed by atoms with Crippen LogP contribution in [0.25, 0.3) is 0 Å². The Kier molecular flexibility index (Phi) is 5.44. The fourth-order valence-electron chi connectivity index (χ4n) is 3.08. The van der Waals surface area contributed by atoms with Gasteiger partial charge in [-0.25, -0.2) is 14.8 Å². The maximum Gasteiger partial charge on any atom is 0.317 e. The first-order valence-electron chi connectivity index (χ1n) is 8.50. The molecule has 0 aromatic carbocycles. The Morgan fingerprint density at radius 1 is 1.46 bits per heavy atom. The smallest absolute Gasteiger partial charge is 0.317 e. The first-order valence-corrected chi connectivity index (χ1v) is 9.32. The van der Waals surface area contributed by atoms with E-state index in [0.29, 0.717) is 12.5 Å². The summed E-state index contributed by atoms with van der Waals surface area (Å²) in [5.41, 5.74) is 1.18. The molecule has 0 spiro atoms. The van der Waals surface area contributed by atoms with Gasteiger partial charge in [0.1, 0.15) is 12.2 Å². The fourth-order valence-corrected chi connectivity index (χ4v) is 4.10. The monoisotopic (exact) mass is 348 g/mol. The number of piperidine rings is 1. The number of nitrogens with one attached hydrogen (secondary N) is 2. The summed E-state index contributed by atoms with van der Waals surface area (Å²) in [5.74, 6) is 1.31. The van der Waals surface area contributed by atoms with Crippen LogP contribution in [0.2, 0.25) is 0 Å². The number of hydrogen-bond acceptors (Lipinski definition) is 5. The van der Waals surface area contributed by atoms with E-state index < -0.39 is 0 Å². The minimum atomic E-state index is 0.0232. The second kappa shape index (κ2) is 7.74. The topological polar surface area (TPSA) is 86.8 Å². The zero-order valence-electron chi connectivity index (χ0n) is 14.2. The predicted molar refractivity (Wildman–Crippen MR) is 93.3 cm³/mol. The molecule has 2 amide bonds.